The van der Waals surface area contributed by atoms with Gasteiger partial charge in [0.25, 0.3) is 5.25 Å². The second-order valence-corrected chi connectivity index (χ2v) is 3.47. The van der Waals surface area contributed by atoms with E-state index in [0.29, 0.717) is 17.1 Å². The van der Waals surface area contributed by atoms with Crippen LogP contribution in [0.1, 0.15) is 6.92 Å². The summed E-state index contributed by atoms with van der Waals surface area (Å²) in [6.07, 6.45) is 0. The predicted molar refractivity (Wildman–Crippen MR) is 52.4 cm³/mol. The topological polar surface area (TPSA) is 81.5 Å². The van der Waals surface area contributed by atoms with Crippen LogP contribution in [0.5, 0.6) is 5.75 Å². The normalized spacial score (nSPS) is 15.0. The van der Waals surface area contributed by atoms with Crippen molar-refractivity contribution < 1.29 is 9.84 Å². The second-order valence-electron chi connectivity index (χ2n) is 2.77. The molecule has 0 radical (unpaired) electrons. The number of hydrogen-bond donors (Lipinski definition) is 3. The lowest BCUT2D eigenvalue weighted by molar-refractivity contribution is -0.0435. The van der Waals surface area contributed by atoms with Crippen molar-refractivity contribution in [2.45, 2.75) is 12.2 Å². The van der Waals surface area contributed by atoms with Crippen LogP contribution < -0.4 is 16.2 Å². The number of hydrogen-bond acceptors (Lipinski definition) is 4. The monoisotopic (exact) mass is 202 g/mol. The maximum atomic E-state index is 9.12. The van der Waals surface area contributed by atoms with E-state index in [1.165, 1.54) is 13.0 Å². The van der Waals surface area contributed by atoms with Crippen LogP contribution in [0.2, 0.25) is 0 Å². The molecule has 0 aromatic heterocycles. The number of anilines is 2. The van der Waals surface area contributed by atoms with Gasteiger partial charge in [0.1, 0.15) is 5.75 Å². The standard InChI is InChI=1S/C8H11ClN2O2/c1-8(9,12)13-7-3-2-5(10)4-6(7)11/h2-4,12H,10-11H2,1H3. The first-order chi connectivity index (χ1) is 5.88. The predicted octanol–water partition coefficient (Wildman–Crippen LogP) is 1.13. The van der Waals surface area contributed by atoms with Crippen LogP contribution in [-0.4, -0.2) is 10.4 Å². The van der Waals surface area contributed by atoms with E-state index in [4.69, 9.17) is 32.9 Å². The number of nitrogens with two attached hydrogens (primary N) is 2. The Kier molecular flexibility index (Phi) is 2.54. The van der Waals surface area contributed by atoms with Crippen LogP contribution in [0, 0.1) is 0 Å². The summed E-state index contributed by atoms with van der Waals surface area (Å²) in [5, 5.41) is 7.36. The van der Waals surface area contributed by atoms with Gasteiger partial charge in [-0.15, -0.1) is 0 Å². The van der Waals surface area contributed by atoms with Crippen molar-refractivity contribution in [1.29, 1.82) is 0 Å². The van der Waals surface area contributed by atoms with E-state index < -0.39 is 5.25 Å². The maximum absolute atomic E-state index is 9.12. The Morgan fingerprint density at radius 2 is 2.08 bits per heavy atom. The van der Waals surface area contributed by atoms with Gasteiger partial charge in [0.15, 0.2) is 0 Å². The Balaban J connectivity index is 2.90. The molecule has 72 valence electrons. The zero-order valence-corrected chi connectivity index (χ0v) is 7.88. The minimum atomic E-state index is -1.76. The zero-order valence-electron chi connectivity index (χ0n) is 7.12. The van der Waals surface area contributed by atoms with Crippen LogP contribution in [0.3, 0.4) is 0 Å². The fourth-order valence-electron chi connectivity index (χ4n) is 0.861. The summed E-state index contributed by atoms with van der Waals surface area (Å²) in [5.74, 6) is 0.300. The number of rotatable bonds is 2. The molecule has 0 amide bonds. The number of benzene rings is 1. The molecule has 13 heavy (non-hydrogen) atoms. The highest BCUT2D eigenvalue weighted by molar-refractivity contribution is 6.21. The van der Waals surface area contributed by atoms with Gasteiger partial charge >= 0.3 is 0 Å². The number of ether oxygens (including phenoxy) is 1. The zero-order chi connectivity index (χ0) is 10.1. The van der Waals surface area contributed by atoms with Crippen LogP contribution in [0.4, 0.5) is 11.4 Å². The molecule has 0 fully saturated rings. The average molecular weight is 203 g/mol. The van der Waals surface area contributed by atoms with Crippen molar-refractivity contribution >= 4 is 23.0 Å². The molecule has 4 nitrogen and oxygen atoms in total. The van der Waals surface area contributed by atoms with Gasteiger partial charge in [-0.1, -0.05) is 0 Å². The molecule has 5 heteroatoms. The number of aliphatic hydroxyl groups is 1. The molecule has 0 bridgehead atoms. The van der Waals surface area contributed by atoms with Gasteiger partial charge < -0.3 is 21.3 Å². The molecule has 0 saturated heterocycles. The molecule has 0 spiro atoms. The molecule has 1 aromatic rings. The van der Waals surface area contributed by atoms with Crippen LogP contribution in [0.15, 0.2) is 18.2 Å². The summed E-state index contributed by atoms with van der Waals surface area (Å²) in [7, 11) is 0. The average Bonchev–Trinajstić information content (AvgIpc) is 1.93. The van der Waals surface area contributed by atoms with Crippen LogP contribution in [0.25, 0.3) is 0 Å². The first kappa shape index (κ1) is 9.95. The second kappa shape index (κ2) is 3.32. The van der Waals surface area contributed by atoms with E-state index in [2.05, 4.69) is 0 Å². The Labute approximate surface area is 81.1 Å². The van der Waals surface area contributed by atoms with E-state index in [0.717, 1.165) is 0 Å². The number of alkyl halides is 1. The van der Waals surface area contributed by atoms with Gasteiger partial charge in [-0.25, -0.2) is 0 Å². The smallest absolute Gasteiger partial charge is 0.285 e. The quantitative estimate of drug-likeness (QED) is 0.382. The van der Waals surface area contributed by atoms with E-state index in [-0.39, 0.29) is 0 Å². The minimum Gasteiger partial charge on any atom is -0.447 e. The Morgan fingerprint density at radius 3 is 2.54 bits per heavy atom. The largest absolute Gasteiger partial charge is 0.447 e. The molecule has 0 aliphatic rings. The van der Waals surface area contributed by atoms with E-state index in [1.54, 1.807) is 12.1 Å². The van der Waals surface area contributed by atoms with Crippen molar-refractivity contribution in [3.63, 3.8) is 0 Å². The lowest BCUT2D eigenvalue weighted by Gasteiger charge is -2.18. The van der Waals surface area contributed by atoms with Crippen molar-refractivity contribution in [1.82, 2.24) is 0 Å². The third-order valence-electron chi connectivity index (χ3n) is 1.33. The molecule has 0 aliphatic heterocycles. The molecule has 1 rings (SSSR count). The van der Waals surface area contributed by atoms with Gasteiger partial charge in [-0.05, 0) is 29.8 Å². The fourth-order valence-corrected chi connectivity index (χ4v) is 0.944. The molecule has 1 unspecified atom stereocenters. The van der Waals surface area contributed by atoms with Gasteiger partial charge in [0.2, 0.25) is 0 Å². The fraction of sp³-hybridized carbons (Fsp3) is 0.250. The minimum absolute atomic E-state index is 0.300. The molecule has 5 N–H and O–H groups in total. The summed E-state index contributed by atoms with van der Waals surface area (Å²) >= 11 is 5.43. The van der Waals surface area contributed by atoms with Crippen molar-refractivity contribution in [3.05, 3.63) is 18.2 Å². The highest BCUT2D eigenvalue weighted by atomic mass is 35.5. The van der Waals surface area contributed by atoms with Gasteiger partial charge in [-0.2, -0.15) is 0 Å². The van der Waals surface area contributed by atoms with Gasteiger partial charge in [-0.3, -0.25) is 0 Å². The maximum Gasteiger partial charge on any atom is 0.285 e. The van der Waals surface area contributed by atoms with Crippen LogP contribution >= 0.6 is 11.6 Å². The summed E-state index contributed by atoms with van der Waals surface area (Å²) < 4.78 is 4.93. The first-order valence-electron chi connectivity index (χ1n) is 3.64. The number of nitrogen functional groups attached to an aromatic ring is 2. The van der Waals surface area contributed by atoms with Crippen LogP contribution in [-0.2, 0) is 0 Å². The van der Waals surface area contributed by atoms with Gasteiger partial charge in [0, 0.05) is 12.6 Å². The summed E-state index contributed by atoms with van der Waals surface area (Å²) in [4.78, 5) is 0. The van der Waals surface area contributed by atoms with Crippen molar-refractivity contribution in [2.75, 3.05) is 11.5 Å². The molecular weight excluding hydrogens is 192 g/mol. The Hall–Kier alpha value is -1.13. The van der Waals surface area contributed by atoms with E-state index in [9.17, 15) is 0 Å². The summed E-state index contributed by atoms with van der Waals surface area (Å²) in [5.41, 5.74) is 11.9. The van der Waals surface area contributed by atoms with E-state index >= 15 is 0 Å². The molecular formula is C8H11ClN2O2. The van der Waals surface area contributed by atoms with E-state index in [1.807, 2.05) is 0 Å². The first-order valence-corrected chi connectivity index (χ1v) is 4.01. The Morgan fingerprint density at radius 1 is 1.46 bits per heavy atom. The molecule has 1 aromatic carbocycles. The molecule has 0 aliphatic carbocycles. The third kappa shape index (κ3) is 3.01. The lowest BCUT2D eigenvalue weighted by Crippen LogP contribution is -2.24. The third-order valence-corrected chi connectivity index (χ3v) is 1.41. The highest BCUT2D eigenvalue weighted by Crippen LogP contribution is 2.27. The van der Waals surface area contributed by atoms with Crippen molar-refractivity contribution in [2.24, 2.45) is 0 Å². The lowest BCUT2D eigenvalue weighted by atomic mass is 10.2. The summed E-state index contributed by atoms with van der Waals surface area (Å²) in [6.45, 7) is 1.30. The highest BCUT2D eigenvalue weighted by Gasteiger charge is 2.18. The number of halogens is 1. The Bertz CT molecular complexity index is 310. The molecule has 0 saturated carbocycles. The SMILES string of the molecule is CC(O)(Cl)Oc1ccc(N)cc1N. The molecule has 0 heterocycles. The molecule has 1 atom stereocenters. The van der Waals surface area contributed by atoms with Gasteiger partial charge in [0.05, 0.1) is 5.69 Å². The summed E-state index contributed by atoms with van der Waals surface area (Å²) in [6, 6.07) is 4.67. The van der Waals surface area contributed by atoms with Crippen molar-refractivity contribution in [3.8, 4) is 5.75 Å².